The third-order valence-electron chi connectivity index (χ3n) is 2.63. The molecule has 1 aromatic heterocycles. The van der Waals surface area contributed by atoms with Crippen LogP contribution < -0.4 is 10.9 Å². The summed E-state index contributed by atoms with van der Waals surface area (Å²) in [6.45, 7) is 8.05. The van der Waals surface area contributed by atoms with E-state index in [-0.39, 0.29) is 10.3 Å². The van der Waals surface area contributed by atoms with Gasteiger partial charge in [0.2, 0.25) is 0 Å². The molecule has 0 amide bonds. The lowest BCUT2D eigenvalue weighted by Gasteiger charge is -2.19. The summed E-state index contributed by atoms with van der Waals surface area (Å²) in [4.78, 5) is 19.3. The third-order valence-corrected chi connectivity index (χ3v) is 3.92. The fourth-order valence-electron chi connectivity index (χ4n) is 1.76. The predicted octanol–water partition coefficient (Wildman–Crippen LogP) is 1.45. The van der Waals surface area contributed by atoms with Crippen LogP contribution in [0.1, 0.15) is 37.9 Å². The molecule has 4 nitrogen and oxygen atoms in total. The van der Waals surface area contributed by atoms with Gasteiger partial charge in [-0.05, 0) is 0 Å². The maximum atomic E-state index is 11.9. The van der Waals surface area contributed by atoms with E-state index in [1.807, 2.05) is 0 Å². The number of nitrogens with zero attached hydrogens (tertiary/aromatic N) is 1. The topological polar surface area (TPSA) is 57.8 Å². The van der Waals surface area contributed by atoms with Crippen molar-refractivity contribution >= 4 is 11.8 Å². The molecule has 0 unspecified atom stereocenters. The summed E-state index contributed by atoms with van der Waals surface area (Å²) >= 11 is 1.80. The van der Waals surface area contributed by atoms with Crippen LogP contribution in [0.3, 0.4) is 0 Å². The molecule has 0 bridgehead atoms. The highest BCUT2D eigenvalue weighted by Crippen LogP contribution is 2.25. The van der Waals surface area contributed by atoms with Gasteiger partial charge in [-0.25, -0.2) is 4.98 Å². The van der Waals surface area contributed by atoms with Gasteiger partial charge in [0.05, 0.1) is 17.0 Å². The van der Waals surface area contributed by atoms with E-state index in [0.717, 1.165) is 35.8 Å². The lowest BCUT2D eigenvalue weighted by molar-refractivity contribution is 0.616. The van der Waals surface area contributed by atoms with Crippen LogP contribution in [-0.2, 0) is 18.7 Å². The Hall–Kier alpha value is -0.810. The summed E-state index contributed by atoms with van der Waals surface area (Å²) in [7, 11) is 0. The van der Waals surface area contributed by atoms with Gasteiger partial charge in [0, 0.05) is 24.3 Å². The van der Waals surface area contributed by atoms with Gasteiger partial charge in [-0.15, -0.1) is 11.8 Å². The second kappa shape index (κ2) is 4.82. The molecule has 0 atom stereocenters. The average molecular weight is 253 g/mol. The number of H-pyrrole nitrogens is 1. The van der Waals surface area contributed by atoms with E-state index in [1.165, 1.54) is 0 Å². The van der Waals surface area contributed by atoms with E-state index >= 15 is 0 Å². The maximum absolute atomic E-state index is 11.9. The van der Waals surface area contributed by atoms with Crippen LogP contribution in [0.15, 0.2) is 4.79 Å². The number of aromatic nitrogens is 2. The molecule has 1 aromatic rings. The van der Waals surface area contributed by atoms with Crippen LogP contribution in [-0.4, -0.2) is 21.3 Å². The lowest BCUT2D eigenvalue weighted by atomic mass is 10.1. The number of nitrogens with one attached hydrogen (secondary N) is 2. The monoisotopic (exact) mass is 253 g/mol. The van der Waals surface area contributed by atoms with Crippen LogP contribution in [0.4, 0.5) is 0 Å². The van der Waals surface area contributed by atoms with Gasteiger partial charge in [-0.1, -0.05) is 20.8 Å². The van der Waals surface area contributed by atoms with Crippen molar-refractivity contribution in [3.63, 3.8) is 0 Å². The van der Waals surface area contributed by atoms with Crippen molar-refractivity contribution in [1.82, 2.24) is 15.3 Å². The molecule has 94 valence electrons. The van der Waals surface area contributed by atoms with Crippen LogP contribution in [0.25, 0.3) is 0 Å². The first-order valence-electron chi connectivity index (χ1n) is 5.91. The Morgan fingerprint density at radius 2 is 2.18 bits per heavy atom. The van der Waals surface area contributed by atoms with Gasteiger partial charge in [-0.3, -0.25) is 4.79 Å². The summed E-state index contributed by atoms with van der Waals surface area (Å²) < 4.78 is 0.191. The Morgan fingerprint density at radius 3 is 2.88 bits per heavy atom. The SMILES string of the molecule is CC(C)(C)SCc1nc2c(c(=O)[nH]1)CNCC2. The molecule has 0 spiro atoms. The molecule has 17 heavy (non-hydrogen) atoms. The zero-order valence-electron chi connectivity index (χ0n) is 10.6. The maximum Gasteiger partial charge on any atom is 0.255 e. The normalized spacial score (nSPS) is 15.7. The first-order valence-corrected chi connectivity index (χ1v) is 6.90. The van der Waals surface area contributed by atoms with Crippen molar-refractivity contribution in [2.24, 2.45) is 0 Å². The molecule has 0 radical (unpaired) electrons. The molecule has 0 aliphatic carbocycles. The first kappa shape index (κ1) is 12.6. The van der Waals surface area contributed by atoms with Crippen molar-refractivity contribution in [2.75, 3.05) is 6.54 Å². The number of fused-ring (bicyclic) bond motifs is 1. The van der Waals surface area contributed by atoms with Gasteiger partial charge in [0.25, 0.3) is 5.56 Å². The minimum atomic E-state index is 0.0201. The highest BCUT2D eigenvalue weighted by molar-refractivity contribution is 7.99. The molecule has 0 aromatic carbocycles. The lowest BCUT2D eigenvalue weighted by Crippen LogP contribution is -2.32. The van der Waals surface area contributed by atoms with E-state index in [0.29, 0.717) is 6.54 Å². The van der Waals surface area contributed by atoms with Gasteiger partial charge >= 0.3 is 0 Å². The summed E-state index contributed by atoms with van der Waals surface area (Å²) in [5.74, 6) is 1.56. The molecule has 1 aliphatic heterocycles. The summed E-state index contributed by atoms with van der Waals surface area (Å²) in [6.07, 6.45) is 0.854. The summed E-state index contributed by atoms with van der Waals surface area (Å²) in [5.41, 5.74) is 1.80. The molecule has 2 N–H and O–H groups in total. The second-order valence-corrected chi connectivity index (χ2v) is 7.07. The standard InChI is InChI=1S/C12H19N3OS/c1-12(2,3)17-7-10-14-9-4-5-13-6-8(9)11(16)15-10/h13H,4-7H2,1-3H3,(H,14,15,16). The number of hydrogen-bond donors (Lipinski definition) is 2. The molecule has 0 fully saturated rings. The highest BCUT2D eigenvalue weighted by Gasteiger charge is 2.16. The minimum absolute atomic E-state index is 0.0201. The summed E-state index contributed by atoms with van der Waals surface area (Å²) in [5, 5.41) is 3.19. The van der Waals surface area contributed by atoms with Gasteiger partial charge in [0.15, 0.2) is 0 Å². The van der Waals surface area contributed by atoms with Crippen molar-refractivity contribution < 1.29 is 0 Å². The number of rotatable bonds is 2. The van der Waals surface area contributed by atoms with E-state index < -0.39 is 0 Å². The van der Waals surface area contributed by atoms with E-state index in [4.69, 9.17) is 0 Å². The number of thioether (sulfide) groups is 1. The smallest absolute Gasteiger partial charge is 0.255 e. The van der Waals surface area contributed by atoms with E-state index in [2.05, 4.69) is 36.1 Å². The van der Waals surface area contributed by atoms with Crippen LogP contribution >= 0.6 is 11.8 Å². The number of hydrogen-bond acceptors (Lipinski definition) is 4. The Morgan fingerprint density at radius 1 is 1.41 bits per heavy atom. The predicted molar refractivity (Wildman–Crippen MR) is 71.3 cm³/mol. The van der Waals surface area contributed by atoms with E-state index in [9.17, 15) is 4.79 Å². The molecule has 2 rings (SSSR count). The van der Waals surface area contributed by atoms with Crippen molar-refractivity contribution in [2.45, 2.75) is 44.2 Å². The average Bonchev–Trinajstić information content (AvgIpc) is 2.26. The molecule has 0 saturated carbocycles. The first-order chi connectivity index (χ1) is 7.96. The number of aromatic amines is 1. The Bertz CT molecular complexity index is 462. The fraction of sp³-hybridized carbons (Fsp3) is 0.667. The molecular formula is C12H19N3OS. The Labute approximate surface area is 106 Å². The largest absolute Gasteiger partial charge is 0.312 e. The van der Waals surface area contributed by atoms with Gasteiger partial charge in [0.1, 0.15) is 5.82 Å². The van der Waals surface area contributed by atoms with Gasteiger partial charge in [-0.2, -0.15) is 0 Å². The minimum Gasteiger partial charge on any atom is -0.312 e. The second-order valence-electron chi connectivity index (χ2n) is 5.27. The van der Waals surface area contributed by atoms with Crippen LogP contribution in [0, 0.1) is 0 Å². The molecule has 2 heterocycles. The van der Waals surface area contributed by atoms with Crippen LogP contribution in [0.5, 0.6) is 0 Å². The quantitative estimate of drug-likeness (QED) is 0.837. The molecule has 5 heteroatoms. The van der Waals surface area contributed by atoms with E-state index in [1.54, 1.807) is 11.8 Å². The fourth-order valence-corrected chi connectivity index (χ4v) is 2.46. The zero-order valence-corrected chi connectivity index (χ0v) is 11.4. The molecule has 1 aliphatic rings. The Balaban J connectivity index is 2.20. The van der Waals surface area contributed by atoms with Crippen molar-refractivity contribution in [1.29, 1.82) is 0 Å². The van der Waals surface area contributed by atoms with Crippen molar-refractivity contribution in [3.05, 3.63) is 27.4 Å². The van der Waals surface area contributed by atoms with Gasteiger partial charge < -0.3 is 10.3 Å². The highest BCUT2D eigenvalue weighted by atomic mass is 32.2. The molecular weight excluding hydrogens is 234 g/mol. The third kappa shape index (κ3) is 3.33. The van der Waals surface area contributed by atoms with Crippen molar-refractivity contribution in [3.8, 4) is 0 Å². The summed E-state index contributed by atoms with van der Waals surface area (Å²) in [6, 6.07) is 0. The zero-order chi connectivity index (χ0) is 12.5. The molecule has 0 saturated heterocycles. The van der Waals surface area contributed by atoms with Crippen LogP contribution in [0.2, 0.25) is 0 Å². The Kier molecular flexibility index (Phi) is 3.58.